The normalized spacial score (nSPS) is 14.1. The van der Waals surface area contributed by atoms with Gasteiger partial charge in [0.15, 0.2) is 0 Å². The first-order chi connectivity index (χ1) is 16.4. The molecule has 0 unspecified atom stereocenters. The molecule has 3 aromatic rings. The maximum absolute atomic E-state index is 12.9. The number of benzene rings is 2. The summed E-state index contributed by atoms with van der Waals surface area (Å²) in [6.07, 6.45) is 2.57. The Balaban J connectivity index is 1.53. The standard InChI is InChI=1S/C27H32BrN5O/c1-4-25-24(17-21-11-9-19(2)10-12-21)26(30-20(3)29-25)32-13-6-14-33(16-15-32)27(34)31-23-8-5-7-22(28)18-23/h5,7-12,18H,4,6,13-17H2,1-3H3,(H,31,34). The highest BCUT2D eigenvalue weighted by molar-refractivity contribution is 9.10. The molecule has 34 heavy (non-hydrogen) atoms. The van der Waals surface area contributed by atoms with Gasteiger partial charge in [-0.25, -0.2) is 14.8 Å². The summed E-state index contributed by atoms with van der Waals surface area (Å²) in [5.41, 5.74) is 5.62. The number of anilines is 2. The number of aromatic nitrogens is 2. The molecule has 4 rings (SSSR count). The lowest BCUT2D eigenvalue weighted by Gasteiger charge is -2.26. The SMILES string of the molecule is CCc1nc(C)nc(N2CCCN(C(=O)Nc3cccc(Br)c3)CC2)c1Cc1ccc(C)cc1. The summed E-state index contributed by atoms with van der Waals surface area (Å²) in [5, 5.41) is 3.02. The molecule has 0 atom stereocenters. The molecule has 1 N–H and O–H groups in total. The van der Waals surface area contributed by atoms with E-state index in [0.29, 0.717) is 13.1 Å². The Morgan fingerprint density at radius 1 is 1.03 bits per heavy atom. The van der Waals surface area contributed by atoms with E-state index in [9.17, 15) is 4.79 Å². The monoisotopic (exact) mass is 521 g/mol. The van der Waals surface area contributed by atoms with Gasteiger partial charge in [0.25, 0.3) is 0 Å². The Labute approximate surface area is 210 Å². The van der Waals surface area contributed by atoms with Crippen molar-refractivity contribution >= 4 is 33.5 Å². The van der Waals surface area contributed by atoms with Crippen LogP contribution in [0, 0.1) is 13.8 Å². The Hall–Kier alpha value is -2.93. The van der Waals surface area contributed by atoms with Crippen molar-refractivity contribution in [3.63, 3.8) is 0 Å². The van der Waals surface area contributed by atoms with E-state index in [1.54, 1.807) is 0 Å². The van der Waals surface area contributed by atoms with Crippen LogP contribution in [-0.4, -0.2) is 47.1 Å². The molecule has 2 amide bonds. The summed E-state index contributed by atoms with van der Waals surface area (Å²) in [6.45, 7) is 9.20. The zero-order valence-corrected chi connectivity index (χ0v) is 21.7. The van der Waals surface area contributed by atoms with Gasteiger partial charge >= 0.3 is 6.03 Å². The van der Waals surface area contributed by atoms with Crippen LogP contribution >= 0.6 is 15.9 Å². The molecule has 1 aromatic heterocycles. The third-order valence-corrected chi connectivity index (χ3v) is 6.67. The molecular formula is C27H32BrN5O. The second-order valence-corrected chi connectivity index (χ2v) is 9.72. The number of carbonyl (C=O) groups excluding carboxylic acids is 1. The van der Waals surface area contributed by atoms with Crippen molar-refractivity contribution in [1.82, 2.24) is 14.9 Å². The van der Waals surface area contributed by atoms with Crippen LogP contribution in [0.3, 0.4) is 0 Å². The molecule has 1 fully saturated rings. The highest BCUT2D eigenvalue weighted by atomic mass is 79.9. The second kappa shape index (κ2) is 11.0. The van der Waals surface area contributed by atoms with Gasteiger partial charge in [0.05, 0.1) is 0 Å². The van der Waals surface area contributed by atoms with Crippen LogP contribution in [0.5, 0.6) is 0 Å². The van der Waals surface area contributed by atoms with Crippen LogP contribution in [-0.2, 0) is 12.8 Å². The minimum atomic E-state index is -0.0621. The maximum atomic E-state index is 12.9. The van der Waals surface area contributed by atoms with Gasteiger partial charge in [0, 0.05) is 54.0 Å². The number of carbonyl (C=O) groups is 1. The number of halogens is 1. The largest absolute Gasteiger partial charge is 0.354 e. The molecule has 178 valence electrons. The Morgan fingerprint density at radius 3 is 2.56 bits per heavy atom. The van der Waals surface area contributed by atoms with Crippen molar-refractivity contribution in [3.05, 3.63) is 81.2 Å². The van der Waals surface area contributed by atoms with Crippen molar-refractivity contribution < 1.29 is 4.79 Å². The average molecular weight is 522 g/mol. The predicted octanol–water partition coefficient (Wildman–Crippen LogP) is 5.75. The molecule has 6 nitrogen and oxygen atoms in total. The topological polar surface area (TPSA) is 61.4 Å². The van der Waals surface area contributed by atoms with Crippen LogP contribution < -0.4 is 10.2 Å². The van der Waals surface area contributed by atoms with E-state index in [2.05, 4.69) is 64.3 Å². The summed E-state index contributed by atoms with van der Waals surface area (Å²) in [4.78, 5) is 26.8. The molecule has 1 saturated heterocycles. The minimum Gasteiger partial charge on any atom is -0.354 e. The Kier molecular flexibility index (Phi) is 7.83. The maximum Gasteiger partial charge on any atom is 0.321 e. The third kappa shape index (κ3) is 5.95. The Morgan fingerprint density at radius 2 is 1.82 bits per heavy atom. The molecule has 2 aromatic carbocycles. The number of hydrogen-bond donors (Lipinski definition) is 1. The van der Waals surface area contributed by atoms with E-state index in [1.807, 2.05) is 36.1 Å². The third-order valence-electron chi connectivity index (χ3n) is 6.18. The highest BCUT2D eigenvalue weighted by Crippen LogP contribution is 2.26. The fourth-order valence-electron chi connectivity index (χ4n) is 4.38. The first-order valence-electron chi connectivity index (χ1n) is 11.9. The molecular weight excluding hydrogens is 490 g/mol. The fraction of sp³-hybridized carbons (Fsp3) is 0.370. The number of urea groups is 1. The first-order valence-corrected chi connectivity index (χ1v) is 12.7. The molecule has 1 aliphatic heterocycles. The van der Waals surface area contributed by atoms with E-state index in [-0.39, 0.29) is 6.03 Å². The van der Waals surface area contributed by atoms with Crippen LogP contribution in [0.15, 0.2) is 53.0 Å². The molecule has 0 radical (unpaired) electrons. The molecule has 7 heteroatoms. The van der Waals surface area contributed by atoms with Crippen molar-refractivity contribution in [2.45, 2.75) is 40.0 Å². The number of nitrogens with zero attached hydrogens (tertiary/aromatic N) is 4. The summed E-state index contributed by atoms with van der Waals surface area (Å²) in [5.74, 6) is 1.81. The van der Waals surface area contributed by atoms with Crippen LogP contribution in [0.1, 0.15) is 41.6 Å². The number of hydrogen-bond acceptors (Lipinski definition) is 4. The van der Waals surface area contributed by atoms with Crippen LogP contribution in [0.4, 0.5) is 16.3 Å². The lowest BCUT2D eigenvalue weighted by Crippen LogP contribution is -2.38. The van der Waals surface area contributed by atoms with Gasteiger partial charge in [0.1, 0.15) is 11.6 Å². The fourth-order valence-corrected chi connectivity index (χ4v) is 4.78. The molecule has 0 spiro atoms. The van der Waals surface area contributed by atoms with Crippen molar-refractivity contribution in [2.75, 3.05) is 36.4 Å². The first kappa shape index (κ1) is 24.2. The number of aryl methyl sites for hydroxylation is 3. The average Bonchev–Trinajstić information content (AvgIpc) is 3.07. The highest BCUT2D eigenvalue weighted by Gasteiger charge is 2.23. The van der Waals surface area contributed by atoms with Crippen molar-refractivity contribution in [1.29, 1.82) is 0 Å². The van der Waals surface area contributed by atoms with Gasteiger partial charge in [-0.15, -0.1) is 0 Å². The number of amides is 2. The van der Waals surface area contributed by atoms with E-state index >= 15 is 0 Å². The number of rotatable bonds is 5. The zero-order chi connectivity index (χ0) is 24.1. The van der Waals surface area contributed by atoms with Gasteiger partial charge in [-0.05, 0) is 50.5 Å². The summed E-state index contributed by atoms with van der Waals surface area (Å²) in [6, 6.07) is 16.3. The number of nitrogens with one attached hydrogen (secondary N) is 1. The van der Waals surface area contributed by atoms with E-state index in [1.165, 1.54) is 16.7 Å². The van der Waals surface area contributed by atoms with Gasteiger partial charge in [-0.3, -0.25) is 0 Å². The minimum absolute atomic E-state index is 0.0621. The van der Waals surface area contributed by atoms with E-state index in [0.717, 1.165) is 59.8 Å². The smallest absolute Gasteiger partial charge is 0.321 e. The molecule has 2 heterocycles. The lowest BCUT2D eigenvalue weighted by molar-refractivity contribution is 0.215. The quantitative estimate of drug-likeness (QED) is 0.464. The van der Waals surface area contributed by atoms with Crippen LogP contribution in [0.2, 0.25) is 0 Å². The van der Waals surface area contributed by atoms with Gasteiger partial charge in [0.2, 0.25) is 0 Å². The van der Waals surface area contributed by atoms with Gasteiger partial charge in [-0.1, -0.05) is 58.7 Å². The van der Waals surface area contributed by atoms with Crippen LogP contribution in [0.25, 0.3) is 0 Å². The van der Waals surface area contributed by atoms with Crippen molar-refractivity contribution in [2.24, 2.45) is 0 Å². The molecule has 0 saturated carbocycles. The molecule has 0 aliphatic carbocycles. The Bertz CT molecular complexity index is 1150. The zero-order valence-electron chi connectivity index (χ0n) is 20.1. The van der Waals surface area contributed by atoms with Gasteiger partial charge < -0.3 is 15.1 Å². The van der Waals surface area contributed by atoms with E-state index in [4.69, 9.17) is 9.97 Å². The van der Waals surface area contributed by atoms with Crippen molar-refractivity contribution in [3.8, 4) is 0 Å². The van der Waals surface area contributed by atoms with Gasteiger partial charge in [-0.2, -0.15) is 0 Å². The predicted molar refractivity (Wildman–Crippen MR) is 142 cm³/mol. The second-order valence-electron chi connectivity index (χ2n) is 8.80. The summed E-state index contributed by atoms with van der Waals surface area (Å²) >= 11 is 3.46. The summed E-state index contributed by atoms with van der Waals surface area (Å²) in [7, 11) is 0. The lowest BCUT2D eigenvalue weighted by atomic mass is 10.0. The molecule has 1 aliphatic rings. The summed E-state index contributed by atoms with van der Waals surface area (Å²) < 4.78 is 0.944. The van der Waals surface area contributed by atoms with E-state index < -0.39 is 0 Å². The molecule has 0 bridgehead atoms.